The molecule has 3 N–H and O–H groups in total. The second-order valence-corrected chi connectivity index (χ2v) is 6.37. The van der Waals surface area contributed by atoms with Crippen LogP contribution >= 0.6 is 37.2 Å². The molecule has 0 saturated carbocycles. The van der Waals surface area contributed by atoms with Gasteiger partial charge in [0.2, 0.25) is 5.95 Å². The van der Waals surface area contributed by atoms with Crippen molar-refractivity contribution in [3.63, 3.8) is 0 Å². The molecule has 2 heterocycles. The predicted octanol–water partition coefficient (Wildman–Crippen LogP) is 4.05. The van der Waals surface area contributed by atoms with Crippen molar-refractivity contribution in [1.82, 2.24) is 20.2 Å². The number of nitrogen functional groups attached to an aromatic ring is 1. The topological polar surface area (TPSA) is 67.1 Å². The minimum atomic E-state index is -0.254. The van der Waals surface area contributed by atoms with Gasteiger partial charge in [-0.25, -0.2) is 14.4 Å². The van der Waals surface area contributed by atoms with Crippen molar-refractivity contribution in [3.05, 3.63) is 41.3 Å². The van der Waals surface area contributed by atoms with E-state index < -0.39 is 0 Å². The standard InChI is InChI=1S/C19H26FN5.3ClH/c1-3-25(4-2)12-10-15-17-16(9-11-22-15)23-19(21)24-18(17)13-5-7-14(20)8-6-13;;;/h5-8,15,22H,3-4,9-12H2,1-2H3,(H2,21,23,24);3*1H. The van der Waals surface area contributed by atoms with Crippen molar-refractivity contribution in [2.45, 2.75) is 32.7 Å². The van der Waals surface area contributed by atoms with E-state index in [2.05, 4.69) is 34.0 Å². The third-order valence-electron chi connectivity index (χ3n) is 4.89. The number of halogens is 4. The quantitative estimate of drug-likeness (QED) is 0.692. The van der Waals surface area contributed by atoms with Gasteiger partial charge in [0.05, 0.1) is 11.4 Å². The monoisotopic (exact) mass is 451 g/mol. The Bertz CT molecular complexity index is 726. The molecule has 1 aromatic heterocycles. The fourth-order valence-electron chi connectivity index (χ4n) is 3.48. The lowest BCUT2D eigenvalue weighted by atomic mass is 9.92. The van der Waals surface area contributed by atoms with Crippen LogP contribution in [0, 0.1) is 5.82 Å². The number of anilines is 1. The van der Waals surface area contributed by atoms with Crippen LogP contribution in [0.1, 0.15) is 37.6 Å². The zero-order chi connectivity index (χ0) is 17.8. The minimum absolute atomic E-state index is 0. The van der Waals surface area contributed by atoms with E-state index in [-0.39, 0.29) is 55.0 Å². The van der Waals surface area contributed by atoms with Gasteiger partial charge in [0.25, 0.3) is 0 Å². The van der Waals surface area contributed by atoms with Crippen LogP contribution in [0.3, 0.4) is 0 Å². The van der Waals surface area contributed by atoms with Gasteiger partial charge in [0, 0.05) is 30.1 Å². The van der Waals surface area contributed by atoms with Crippen molar-refractivity contribution in [2.24, 2.45) is 0 Å². The molecule has 0 aliphatic carbocycles. The summed E-state index contributed by atoms with van der Waals surface area (Å²) in [6, 6.07) is 6.62. The summed E-state index contributed by atoms with van der Waals surface area (Å²) in [5, 5.41) is 3.60. The van der Waals surface area contributed by atoms with Gasteiger partial charge in [-0.3, -0.25) is 0 Å². The van der Waals surface area contributed by atoms with Crippen molar-refractivity contribution in [2.75, 3.05) is 31.9 Å². The fraction of sp³-hybridized carbons (Fsp3) is 0.474. The van der Waals surface area contributed by atoms with Crippen LogP contribution in [0.2, 0.25) is 0 Å². The lowest BCUT2D eigenvalue weighted by Gasteiger charge is -2.30. The molecule has 1 atom stereocenters. The molecule has 2 aromatic rings. The smallest absolute Gasteiger partial charge is 0.220 e. The molecule has 3 rings (SSSR count). The van der Waals surface area contributed by atoms with Gasteiger partial charge in [-0.05, 0) is 50.3 Å². The molecule has 9 heteroatoms. The Morgan fingerprint density at radius 2 is 1.75 bits per heavy atom. The Hall–Kier alpha value is -1.18. The summed E-state index contributed by atoms with van der Waals surface area (Å²) >= 11 is 0. The molecule has 1 aromatic carbocycles. The SMILES string of the molecule is CCN(CC)CCC1NCCc2nc(N)nc(-c3ccc(F)cc3)c21.Cl.Cl.Cl. The van der Waals surface area contributed by atoms with Crippen LogP contribution in [0.5, 0.6) is 0 Å². The Morgan fingerprint density at radius 3 is 2.36 bits per heavy atom. The fourth-order valence-corrected chi connectivity index (χ4v) is 3.48. The van der Waals surface area contributed by atoms with Gasteiger partial charge in [-0.2, -0.15) is 0 Å². The Balaban J connectivity index is 0.00000243. The first kappa shape index (κ1) is 26.8. The summed E-state index contributed by atoms with van der Waals surface area (Å²) < 4.78 is 13.3. The van der Waals surface area contributed by atoms with E-state index in [1.807, 2.05) is 0 Å². The number of nitrogens with one attached hydrogen (secondary N) is 1. The van der Waals surface area contributed by atoms with Crippen LogP contribution < -0.4 is 11.1 Å². The maximum absolute atomic E-state index is 13.3. The first-order valence-corrected chi connectivity index (χ1v) is 9.00. The van der Waals surface area contributed by atoms with E-state index in [4.69, 9.17) is 5.73 Å². The molecule has 1 unspecified atom stereocenters. The number of nitrogens with zero attached hydrogens (tertiary/aromatic N) is 3. The van der Waals surface area contributed by atoms with Gasteiger partial charge in [0.15, 0.2) is 0 Å². The van der Waals surface area contributed by atoms with Gasteiger partial charge >= 0.3 is 0 Å². The van der Waals surface area contributed by atoms with Gasteiger partial charge in [-0.15, -0.1) is 37.2 Å². The van der Waals surface area contributed by atoms with Crippen LogP contribution in [0.4, 0.5) is 10.3 Å². The molecule has 0 radical (unpaired) electrons. The summed E-state index contributed by atoms with van der Waals surface area (Å²) in [4.78, 5) is 11.4. The average Bonchev–Trinajstić information content (AvgIpc) is 2.62. The molecule has 0 spiro atoms. The molecular weight excluding hydrogens is 424 g/mol. The molecule has 28 heavy (non-hydrogen) atoms. The molecule has 158 valence electrons. The summed E-state index contributed by atoms with van der Waals surface area (Å²) in [5.74, 6) is 0.0262. The second kappa shape index (κ2) is 12.4. The number of rotatable bonds is 6. The summed E-state index contributed by atoms with van der Waals surface area (Å²) in [5.41, 5.74) is 9.75. The van der Waals surface area contributed by atoms with E-state index in [1.165, 1.54) is 12.1 Å². The van der Waals surface area contributed by atoms with E-state index in [1.54, 1.807) is 12.1 Å². The van der Waals surface area contributed by atoms with Gasteiger partial charge in [0.1, 0.15) is 5.82 Å². The molecule has 1 aliphatic heterocycles. The zero-order valence-corrected chi connectivity index (χ0v) is 18.6. The van der Waals surface area contributed by atoms with Crippen LogP contribution in [-0.4, -0.2) is 41.0 Å². The maximum atomic E-state index is 13.3. The highest BCUT2D eigenvalue weighted by Crippen LogP contribution is 2.33. The Kier molecular flexibility index (Phi) is 11.9. The van der Waals surface area contributed by atoms with Gasteiger partial charge in [-0.1, -0.05) is 13.8 Å². The largest absolute Gasteiger partial charge is 0.368 e. The summed E-state index contributed by atoms with van der Waals surface area (Å²) in [6.45, 7) is 8.34. The Labute approximate surface area is 184 Å². The summed E-state index contributed by atoms with van der Waals surface area (Å²) in [7, 11) is 0. The Morgan fingerprint density at radius 1 is 1.11 bits per heavy atom. The molecular formula is C19H29Cl3FN5. The number of aromatic nitrogens is 2. The predicted molar refractivity (Wildman–Crippen MR) is 120 cm³/mol. The molecule has 0 bridgehead atoms. The van der Waals surface area contributed by atoms with Crippen LogP contribution in [-0.2, 0) is 6.42 Å². The van der Waals surface area contributed by atoms with E-state index in [0.29, 0.717) is 0 Å². The third kappa shape index (κ3) is 6.16. The van der Waals surface area contributed by atoms with E-state index >= 15 is 0 Å². The number of nitrogens with two attached hydrogens (primary N) is 1. The maximum Gasteiger partial charge on any atom is 0.220 e. The molecule has 0 fully saturated rings. The van der Waals surface area contributed by atoms with Crippen molar-refractivity contribution in [1.29, 1.82) is 0 Å². The van der Waals surface area contributed by atoms with E-state index in [0.717, 1.165) is 61.5 Å². The zero-order valence-electron chi connectivity index (χ0n) is 16.2. The highest BCUT2D eigenvalue weighted by atomic mass is 35.5. The molecule has 5 nitrogen and oxygen atoms in total. The lowest BCUT2D eigenvalue weighted by Crippen LogP contribution is -2.35. The van der Waals surface area contributed by atoms with Crippen molar-refractivity contribution >= 4 is 43.2 Å². The van der Waals surface area contributed by atoms with Crippen molar-refractivity contribution < 1.29 is 4.39 Å². The number of hydrogen-bond donors (Lipinski definition) is 2. The first-order chi connectivity index (χ1) is 12.1. The summed E-state index contributed by atoms with van der Waals surface area (Å²) in [6.07, 6.45) is 1.81. The van der Waals surface area contributed by atoms with Crippen LogP contribution in [0.15, 0.2) is 24.3 Å². The third-order valence-corrected chi connectivity index (χ3v) is 4.89. The lowest BCUT2D eigenvalue weighted by molar-refractivity contribution is 0.279. The normalized spacial score (nSPS) is 15.1. The minimum Gasteiger partial charge on any atom is -0.368 e. The highest BCUT2D eigenvalue weighted by Gasteiger charge is 2.26. The van der Waals surface area contributed by atoms with Crippen molar-refractivity contribution in [3.8, 4) is 11.3 Å². The molecule has 0 saturated heterocycles. The van der Waals surface area contributed by atoms with Crippen LogP contribution in [0.25, 0.3) is 11.3 Å². The van der Waals surface area contributed by atoms with E-state index in [9.17, 15) is 4.39 Å². The highest BCUT2D eigenvalue weighted by molar-refractivity contribution is 5.86. The average molecular weight is 453 g/mol. The molecule has 0 amide bonds. The second-order valence-electron chi connectivity index (χ2n) is 6.37. The number of fused-ring (bicyclic) bond motifs is 1. The number of hydrogen-bond acceptors (Lipinski definition) is 5. The molecule has 1 aliphatic rings. The number of benzene rings is 1. The first-order valence-electron chi connectivity index (χ1n) is 9.00. The van der Waals surface area contributed by atoms with Gasteiger partial charge < -0.3 is 16.0 Å².